The Morgan fingerprint density at radius 2 is 1.86 bits per heavy atom. The Bertz CT molecular complexity index is 455. The van der Waals surface area contributed by atoms with Crippen LogP contribution in [-0.2, 0) is 9.84 Å². The molecule has 0 aromatic rings. The molecule has 1 unspecified atom stereocenters. The van der Waals surface area contributed by atoms with Crippen LogP contribution < -0.4 is 5.32 Å². The third-order valence-electron chi connectivity index (χ3n) is 5.73. The second-order valence-electron chi connectivity index (χ2n) is 7.54. The minimum absolute atomic E-state index is 0.120. The summed E-state index contributed by atoms with van der Waals surface area (Å²) in [7, 11) is -2.95. The molecule has 2 rings (SSSR count). The zero-order valence-corrected chi connectivity index (χ0v) is 14.9. The van der Waals surface area contributed by atoms with Gasteiger partial charge >= 0.3 is 0 Å². The van der Waals surface area contributed by atoms with Crippen LogP contribution in [0.15, 0.2) is 0 Å². The van der Waals surface area contributed by atoms with Crippen LogP contribution in [0.2, 0.25) is 0 Å². The van der Waals surface area contributed by atoms with Crippen molar-refractivity contribution in [3.05, 3.63) is 0 Å². The van der Waals surface area contributed by atoms with E-state index in [9.17, 15) is 8.42 Å². The van der Waals surface area contributed by atoms with E-state index in [0.717, 1.165) is 19.5 Å². The Hall–Kier alpha value is -0.130. The lowest BCUT2D eigenvalue weighted by atomic mass is 9.85. The van der Waals surface area contributed by atoms with Crippen molar-refractivity contribution in [2.45, 2.75) is 76.1 Å². The standard InChI is InChI=1S/C16H32N2O2S/c1-5-15(4)13-18(10-11-21(19,20)14(2)3)16(12-17-15)8-6-7-9-16/h14,17H,5-13H2,1-4H3. The topological polar surface area (TPSA) is 49.4 Å². The van der Waals surface area contributed by atoms with Crippen LogP contribution in [0.5, 0.6) is 0 Å². The van der Waals surface area contributed by atoms with E-state index in [4.69, 9.17) is 0 Å². The van der Waals surface area contributed by atoms with Crippen LogP contribution in [0.1, 0.15) is 59.8 Å². The number of rotatable bonds is 5. The summed E-state index contributed by atoms with van der Waals surface area (Å²) in [4.78, 5) is 2.50. The lowest BCUT2D eigenvalue weighted by Gasteiger charge is -2.52. The molecule has 0 radical (unpaired) electrons. The molecule has 4 nitrogen and oxygen atoms in total. The first-order chi connectivity index (χ1) is 9.73. The molecule has 0 amide bonds. The van der Waals surface area contributed by atoms with Gasteiger partial charge in [0, 0.05) is 30.7 Å². The molecule has 1 heterocycles. The Morgan fingerprint density at radius 1 is 1.24 bits per heavy atom. The van der Waals surface area contributed by atoms with E-state index in [-0.39, 0.29) is 16.3 Å². The van der Waals surface area contributed by atoms with Gasteiger partial charge in [-0.1, -0.05) is 19.8 Å². The molecule has 1 saturated carbocycles. The highest BCUT2D eigenvalue weighted by molar-refractivity contribution is 7.92. The molecular weight excluding hydrogens is 284 g/mol. The van der Waals surface area contributed by atoms with Crippen molar-refractivity contribution in [1.29, 1.82) is 0 Å². The second-order valence-corrected chi connectivity index (χ2v) is 10.2. The molecule has 1 aliphatic heterocycles. The highest BCUT2D eigenvalue weighted by Crippen LogP contribution is 2.38. The summed E-state index contributed by atoms with van der Waals surface area (Å²) < 4.78 is 24.3. The maximum Gasteiger partial charge on any atom is 0.153 e. The summed E-state index contributed by atoms with van der Waals surface area (Å²) in [5.74, 6) is 0.298. The molecule has 2 aliphatic rings. The van der Waals surface area contributed by atoms with Gasteiger partial charge in [-0.2, -0.15) is 0 Å². The fourth-order valence-electron chi connectivity index (χ4n) is 3.69. The Kier molecular flexibility index (Phi) is 5.06. The lowest BCUT2D eigenvalue weighted by molar-refractivity contribution is 0.0169. The van der Waals surface area contributed by atoms with E-state index in [0.29, 0.717) is 12.3 Å². The molecule has 0 aromatic heterocycles. The fraction of sp³-hybridized carbons (Fsp3) is 1.00. The van der Waals surface area contributed by atoms with Gasteiger partial charge in [0.1, 0.15) is 0 Å². The zero-order valence-electron chi connectivity index (χ0n) is 14.1. The summed E-state index contributed by atoms with van der Waals surface area (Å²) >= 11 is 0. The van der Waals surface area contributed by atoms with Crippen LogP contribution in [-0.4, -0.2) is 55.0 Å². The van der Waals surface area contributed by atoms with Crippen molar-refractivity contribution in [2.75, 3.05) is 25.4 Å². The van der Waals surface area contributed by atoms with Crippen LogP contribution >= 0.6 is 0 Å². The van der Waals surface area contributed by atoms with Gasteiger partial charge in [-0.3, -0.25) is 4.90 Å². The average molecular weight is 317 g/mol. The SMILES string of the molecule is CCC1(C)CN(CCS(=O)(=O)C(C)C)C2(CCCC2)CN1. The second kappa shape index (κ2) is 6.17. The minimum atomic E-state index is -2.95. The van der Waals surface area contributed by atoms with E-state index < -0.39 is 9.84 Å². The normalized spacial score (nSPS) is 30.3. The molecule has 1 aliphatic carbocycles. The maximum atomic E-state index is 12.2. The number of piperazine rings is 1. The van der Waals surface area contributed by atoms with Gasteiger partial charge in [-0.05, 0) is 40.0 Å². The molecule has 21 heavy (non-hydrogen) atoms. The highest BCUT2D eigenvalue weighted by atomic mass is 32.2. The van der Waals surface area contributed by atoms with Gasteiger partial charge in [0.2, 0.25) is 0 Å². The van der Waals surface area contributed by atoms with Gasteiger partial charge in [0.25, 0.3) is 0 Å². The molecular formula is C16H32N2O2S. The van der Waals surface area contributed by atoms with E-state index in [1.165, 1.54) is 25.7 Å². The Morgan fingerprint density at radius 3 is 2.38 bits per heavy atom. The van der Waals surface area contributed by atoms with Crippen LogP contribution in [0.25, 0.3) is 0 Å². The van der Waals surface area contributed by atoms with Crippen molar-refractivity contribution in [2.24, 2.45) is 0 Å². The summed E-state index contributed by atoms with van der Waals surface area (Å²) in [5, 5.41) is 3.47. The first-order valence-electron chi connectivity index (χ1n) is 8.45. The molecule has 0 aromatic carbocycles. The van der Waals surface area contributed by atoms with Gasteiger partial charge in [0.15, 0.2) is 9.84 Å². The summed E-state index contributed by atoms with van der Waals surface area (Å²) in [6.07, 6.45) is 6.05. The van der Waals surface area contributed by atoms with E-state index in [2.05, 4.69) is 24.1 Å². The van der Waals surface area contributed by atoms with Crippen molar-refractivity contribution in [1.82, 2.24) is 10.2 Å². The van der Waals surface area contributed by atoms with Crippen molar-refractivity contribution < 1.29 is 8.42 Å². The summed E-state index contributed by atoms with van der Waals surface area (Å²) in [6.45, 7) is 10.7. The number of hydrogen-bond acceptors (Lipinski definition) is 4. The largest absolute Gasteiger partial charge is 0.308 e. The predicted octanol–water partition coefficient (Wildman–Crippen LogP) is 2.20. The number of nitrogens with zero attached hydrogens (tertiary/aromatic N) is 1. The van der Waals surface area contributed by atoms with Gasteiger partial charge < -0.3 is 5.32 Å². The Labute approximate surface area is 130 Å². The fourth-order valence-corrected chi connectivity index (χ4v) is 4.63. The van der Waals surface area contributed by atoms with Gasteiger partial charge in [-0.25, -0.2) is 8.42 Å². The average Bonchev–Trinajstić information content (AvgIpc) is 2.90. The summed E-state index contributed by atoms with van der Waals surface area (Å²) in [6, 6.07) is 0. The molecule has 0 bridgehead atoms. The molecule has 1 atom stereocenters. The van der Waals surface area contributed by atoms with Crippen molar-refractivity contribution in [3.8, 4) is 0 Å². The zero-order chi connectivity index (χ0) is 15.7. The van der Waals surface area contributed by atoms with Crippen LogP contribution in [0, 0.1) is 0 Å². The first kappa shape index (κ1) is 17.2. The predicted molar refractivity (Wildman–Crippen MR) is 88.4 cm³/mol. The third-order valence-corrected chi connectivity index (χ3v) is 7.92. The number of sulfone groups is 1. The van der Waals surface area contributed by atoms with E-state index >= 15 is 0 Å². The monoisotopic (exact) mass is 316 g/mol. The third kappa shape index (κ3) is 3.62. The lowest BCUT2D eigenvalue weighted by Crippen LogP contribution is -2.68. The molecule has 1 saturated heterocycles. The van der Waals surface area contributed by atoms with Crippen molar-refractivity contribution in [3.63, 3.8) is 0 Å². The molecule has 5 heteroatoms. The Balaban J connectivity index is 2.11. The van der Waals surface area contributed by atoms with Crippen molar-refractivity contribution >= 4 is 9.84 Å². The van der Waals surface area contributed by atoms with Gasteiger partial charge in [-0.15, -0.1) is 0 Å². The maximum absolute atomic E-state index is 12.2. The number of nitrogens with one attached hydrogen (secondary N) is 1. The number of hydrogen-bond donors (Lipinski definition) is 1. The van der Waals surface area contributed by atoms with Gasteiger partial charge in [0.05, 0.1) is 11.0 Å². The minimum Gasteiger partial charge on any atom is -0.308 e. The quantitative estimate of drug-likeness (QED) is 0.845. The van der Waals surface area contributed by atoms with Crippen LogP contribution in [0.3, 0.4) is 0 Å². The molecule has 124 valence electrons. The van der Waals surface area contributed by atoms with E-state index in [1.807, 2.05) is 0 Å². The molecule has 1 spiro atoms. The van der Waals surface area contributed by atoms with Crippen LogP contribution in [0.4, 0.5) is 0 Å². The highest BCUT2D eigenvalue weighted by Gasteiger charge is 2.46. The summed E-state index contributed by atoms with van der Waals surface area (Å²) in [5.41, 5.74) is 0.330. The smallest absolute Gasteiger partial charge is 0.153 e. The first-order valence-corrected chi connectivity index (χ1v) is 10.2. The molecule has 2 fully saturated rings. The van der Waals surface area contributed by atoms with E-state index in [1.54, 1.807) is 13.8 Å². The molecule has 1 N–H and O–H groups in total.